The van der Waals surface area contributed by atoms with Crippen molar-refractivity contribution in [2.24, 2.45) is 16.8 Å². The Morgan fingerprint density at radius 2 is 1.75 bits per heavy atom. The normalized spacial score (nSPS) is 16.2. The Balaban J connectivity index is 0.00000121. The van der Waals surface area contributed by atoms with Crippen molar-refractivity contribution in [2.45, 2.75) is 27.7 Å². The molecular weight excluding hydrogens is 172 g/mol. The van der Waals surface area contributed by atoms with Gasteiger partial charge in [-0.05, 0) is 0 Å². The maximum absolute atomic E-state index is 4.34. The smallest absolute Gasteiger partial charge is 0.191 e. The summed E-state index contributed by atoms with van der Waals surface area (Å²) in [5.41, 5.74) is 2.67. The van der Waals surface area contributed by atoms with Gasteiger partial charge in [-0.1, -0.05) is 27.7 Å². The average molecular weight is 189 g/mol. The highest BCUT2D eigenvalue weighted by Crippen LogP contribution is 2.18. The number of aliphatic imine (C=N–C) groups is 1. The number of hydrogen-bond acceptors (Lipinski definition) is 1. The van der Waals surface area contributed by atoms with Crippen LogP contribution in [-0.2, 0) is 0 Å². The molecule has 2 nitrogen and oxygen atoms in total. The van der Waals surface area contributed by atoms with Gasteiger partial charge in [-0.2, -0.15) is 0 Å². The van der Waals surface area contributed by atoms with Gasteiger partial charge in [-0.15, -0.1) is 0 Å². The van der Waals surface area contributed by atoms with E-state index in [9.17, 15) is 0 Å². The number of nitrogens with zero attached hydrogens (tertiary/aromatic N) is 1. The highest BCUT2D eigenvalue weighted by molar-refractivity contribution is 5.50. The zero-order valence-corrected chi connectivity index (χ0v) is 8.89. The van der Waals surface area contributed by atoms with Crippen LogP contribution in [0.25, 0.3) is 0 Å². The first-order chi connectivity index (χ1) is 5.13. The molecule has 0 saturated carbocycles. The van der Waals surface area contributed by atoms with E-state index < -0.39 is 0 Å². The average Bonchev–Trinajstić information content (AvgIpc) is 2.32. The molecule has 70 valence electrons. The lowest BCUT2D eigenvalue weighted by Crippen LogP contribution is -3.00. The highest BCUT2D eigenvalue weighted by Gasteiger charge is 2.20. The molecule has 0 amide bonds. The quantitative estimate of drug-likeness (QED) is 0.526. The summed E-state index contributed by atoms with van der Waals surface area (Å²) in [4.78, 5) is 4.34. The van der Waals surface area contributed by atoms with Gasteiger partial charge in [0.25, 0.3) is 0 Å². The summed E-state index contributed by atoms with van der Waals surface area (Å²) >= 11 is 0. The molecule has 0 saturated heterocycles. The van der Waals surface area contributed by atoms with E-state index in [1.807, 2.05) is 6.34 Å². The molecule has 3 heteroatoms. The van der Waals surface area contributed by atoms with E-state index in [1.54, 1.807) is 0 Å². The Morgan fingerprint density at radius 3 is 2.08 bits per heavy atom. The van der Waals surface area contributed by atoms with Crippen molar-refractivity contribution >= 4 is 6.34 Å². The molecule has 1 heterocycles. The van der Waals surface area contributed by atoms with Crippen molar-refractivity contribution in [3.63, 3.8) is 0 Å². The third kappa shape index (κ3) is 2.32. The summed E-state index contributed by atoms with van der Waals surface area (Å²) < 4.78 is 0. The second-order valence-corrected chi connectivity index (χ2v) is 3.59. The molecule has 1 aliphatic heterocycles. The Hall–Kier alpha value is -0.340. The van der Waals surface area contributed by atoms with Crippen molar-refractivity contribution in [3.8, 4) is 0 Å². The number of halogens is 1. The molecule has 0 aliphatic carbocycles. The standard InChI is InChI=1S/C9H16N2.ClH/c1-6(2)8-9(7(3)4)11-5-10-8;/h5-7H,1-4H3,(H,10,11);1H. The fraction of sp³-hybridized carbons (Fsp3) is 0.667. The monoisotopic (exact) mass is 188 g/mol. The lowest BCUT2D eigenvalue weighted by atomic mass is 10.0. The minimum atomic E-state index is 0. The largest absolute Gasteiger partial charge is 1.00 e. The van der Waals surface area contributed by atoms with Crippen molar-refractivity contribution < 1.29 is 17.7 Å². The van der Waals surface area contributed by atoms with Crippen LogP contribution in [-0.4, -0.2) is 6.34 Å². The van der Waals surface area contributed by atoms with Crippen LogP contribution in [0.4, 0.5) is 0 Å². The number of allylic oxidation sites excluding steroid dienone is 2. The Kier molecular flexibility index (Phi) is 4.50. The molecule has 12 heavy (non-hydrogen) atoms. The number of rotatable bonds is 2. The molecule has 0 aromatic carbocycles. The van der Waals surface area contributed by atoms with Gasteiger partial charge in [0.1, 0.15) is 11.4 Å². The zero-order chi connectivity index (χ0) is 8.43. The zero-order valence-electron chi connectivity index (χ0n) is 8.13. The van der Waals surface area contributed by atoms with Crippen molar-refractivity contribution in [1.29, 1.82) is 0 Å². The molecule has 0 fully saturated rings. The van der Waals surface area contributed by atoms with Gasteiger partial charge in [-0.25, -0.2) is 4.99 Å². The van der Waals surface area contributed by atoms with Gasteiger partial charge < -0.3 is 12.4 Å². The minimum Gasteiger partial charge on any atom is -1.00 e. The molecular formula is C9H17ClN2. The van der Waals surface area contributed by atoms with Gasteiger partial charge in [0.2, 0.25) is 0 Å². The van der Waals surface area contributed by atoms with Crippen LogP contribution in [0, 0.1) is 11.8 Å². The summed E-state index contributed by atoms with van der Waals surface area (Å²) in [6, 6.07) is 0. The maximum atomic E-state index is 4.34. The summed E-state index contributed by atoms with van der Waals surface area (Å²) in [6.07, 6.45) is 1.91. The lowest BCUT2D eigenvalue weighted by Gasteiger charge is -2.06. The van der Waals surface area contributed by atoms with Gasteiger partial charge in [0.05, 0.1) is 0 Å². The van der Waals surface area contributed by atoms with Crippen LogP contribution in [0.1, 0.15) is 27.7 Å². The predicted octanol–water partition coefficient (Wildman–Crippen LogP) is -1.88. The molecule has 2 N–H and O–H groups in total. The summed E-state index contributed by atoms with van der Waals surface area (Å²) in [6.45, 7) is 8.80. The minimum absolute atomic E-state index is 0. The van der Waals surface area contributed by atoms with E-state index >= 15 is 0 Å². The number of hydrogen-bond donors (Lipinski definition) is 1. The molecule has 0 spiro atoms. The van der Waals surface area contributed by atoms with Crippen LogP contribution < -0.4 is 17.7 Å². The van der Waals surface area contributed by atoms with E-state index in [4.69, 9.17) is 0 Å². The van der Waals surface area contributed by atoms with Crippen LogP contribution in [0.15, 0.2) is 16.4 Å². The fourth-order valence-electron chi connectivity index (χ4n) is 1.33. The Labute approximate surface area is 80.6 Å². The van der Waals surface area contributed by atoms with Crippen LogP contribution in [0.2, 0.25) is 0 Å². The summed E-state index contributed by atoms with van der Waals surface area (Å²) in [5, 5.41) is 2.12. The van der Waals surface area contributed by atoms with Crippen LogP contribution >= 0.6 is 0 Å². The number of nitrogens with two attached hydrogens (primary N) is 1. The molecule has 0 unspecified atom stereocenters. The van der Waals surface area contributed by atoms with Crippen molar-refractivity contribution in [3.05, 3.63) is 11.4 Å². The van der Waals surface area contributed by atoms with Gasteiger partial charge in [-0.3, -0.25) is 5.32 Å². The van der Waals surface area contributed by atoms with Crippen molar-refractivity contribution in [2.75, 3.05) is 0 Å². The van der Waals surface area contributed by atoms with Crippen molar-refractivity contribution in [1.82, 2.24) is 0 Å². The topological polar surface area (TPSA) is 29.0 Å². The van der Waals surface area contributed by atoms with Gasteiger partial charge in [0, 0.05) is 11.8 Å². The first kappa shape index (κ1) is 11.7. The van der Waals surface area contributed by atoms with Gasteiger partial charge >= 0.3 is 0 Å². The first-order valence-corrected chi connectivity index (χ1v) is 4.24. The van der Waals surface area contributed by atoms with E-state index in [2.05, 4.69) is 38.0 Å². The molecule has 0 radical (unpaired) electrons. The molecule has 0 aromatic rings. The third-order valence-electron chi connectivity index (χ3n) is 1.93. The predicted molar refractivity (Wildman–Crippen MR) is 47.1 cm³/mol. The van der Waals surface area contributed by atoms with E-state index in [0.717, 1.165) is 0 Å². The van der Waals surface area contributed by atoms with E-state index in [1.165, 1.54) is 11.4 Å². The molecule has 1 aliphatic rings. The van der Waals surface area contributed by atoms with E-state index in [-0.39, 0.29) is 12.4 Å². The molecule has 0 atom stereocenters. The SMILES string of the molecule is CC(C)C1=C(C(C)C)[NH2+]C=N1.[Cl-]. The fourth-order valence-corrected chi connectivity index (χ4v) is 1.33. The van der Waals surface area contributed by atoms with Crippen LogP contribution in [0.3, 0.4) is 0 Å². The first-order valence-electron chi connectivity index (χ1n) is 4.24. The number of quaternary nitrogens is 1. The Bertz CT molecular complexity index is 205. The second-order valence-electron chi connectivity index (χ2n) is 3.59. The third-order valence-corrected chi connectivity index (χ3v) is 1.93. The molecule has 0 aromatic heterocycles. The lowest BCUT2D eigenvalue weighted by molar-refractivity contribution is -0.478. The van der Waals surface area contributed by atoms with Crippen LogP contribution in [0.5, 0.6) is 0 Å². The maximum Gasteiger partial charge on any atom is 0.191 e. The summed E-state index contributed by atoms with van der Waals surface area (Å²) in [5.74, 6) is 1.16. The molecule has 1 rings (SSSR count). The van der Waals surface area contributed by atoms with E-state index in [0.29, 0.717) is 11.8 Å². The second kappa shape index (κ2) is 4.63. The van der Waals surface area contributed by atoms with Gasteiger partial charge in [0.15, 0.2) is 6.34 Å². The molecule has 0 bridgehead atoms. The Morgan fingerprint density at radius 1 is 1.17 bits per heavy atom. The summed E-state index contributed by atoms with van der Waals surface area (Å²) in [7, 11) is 0. The highest BCUT2D eigenvalue weighted by atomic mass is 35.5.